The molecule has 0 aliphatic rings. The first-order valence-electron chi connectivity index (χ1n) is 4.49. The molecule has 1 aromatic heterocycles. The van der Waals surface area contributed by atoms with Crippen LogP contribution in [0.1, 0.15) is 5.56 Å². The first-order valence-corrected chi connectivity index (χ1v) is 4.49. The van der Waals surface area contributed by atoms with Crippen LogP contribution >= 0.6 is 0 Å². The zero-order chi connectivity index (χ0) is 10.7. The summed E-state index contributed by atoms with van der Waals surface area (Å²) >= 11 is 0. The van der Waals surface area contributed by atoms with Crippen LogP contribution in [0, 0.1) is 6.92 Å². The Morgan fingerprint density at radius 3 is 2.60 bits per heavy atom. The first kappa shape index (κ1) is 9.37. The molecule has 0 unspecified atom stereocenters. The SMILES string of the molecule is Cc1cnn(-c2ccc(N=C=O)cc2)c1. The van der Waals surface area contributed by atoms with Gasteiger partial charge in [-0.05, 0) is 36.8 Å². The van der Waals surface area contributed by atoms with Gasteiger partial charge in [-0.1, -0.05) is 0 Å². The molecule has 0 aliphatic carbocycles. The zero-order valence-electron chi connectivity index (χ0n) is 8.21. The van der Waals surface area contributed by atoms with Gasteiger partial charge in [-0.2, -0.15) is 10.1 Å². The highest BCUT2D eigenvalue weighted by Gasteiger charge is 1.97. The van der Waals surface area contributed by atoms with E-state index in [9.17, 15) is 4.79 Å². The van der Waals surface area contributed by atoms with Crippen LogP contribution in [0.3, 0.4) is 0 Å². The third kappa shape index (κ3) is 2.00. The number of rotatable bonds is 2. The minimum absolute atomic E-state index is 0.595. The second-order valence-corrected chi connectivity index (χ2v) is 3.18. The molecular formula is C11H9N3O. The van der Waals surface area contributed by atoms with Gasteiger partial charge in [-0.15, -0.1) is 0 Å². The lowest BCUT2D eigenvalue weighted by molar-refractivity contribution is 0.565. The van der Waals surface area contributed by atoms with Gasteiger partial charge in [0.2, 0.25) is 6.08 Å². The van der Waals surface area contributed by atoms with Gasteiger partial charge < -0.3 is 0 Å². The number of nitrogens with zero attached hydrogens (tertiary/aromatic N) is 3. The molecule has 0 radical (unpaired) electrons. The summed E-state index contributed by atoms with van der Waals surface area (Å²) in [6, 6.07) is 7.19. The van der Waals surface area contributed by atoms with Gasteiger partial charge in [0.05, 0.1) is 17.6 Å². The molecule has 4 heteroatoms. The van der Waals surface area contributed by atoms with Crippen LogP contribution in [0.5, 0.6) is 0 Å². The van der Waals surface area contributed by atoms with Crippen LogP contribution in [-0.2, 0) is 4.79 Å². The van der Waals surface area contributed by atoms with Crippen LogP contribution in [0.15, 0.2) is 41.7 Å². The molecule has 1 heterocycles. The molecule has 0 bridgehead atoms. The standard InChI is InChI=1S/C11H9N3O/c1-9-6-13-14(7-9)11-4-2-10(3-5-11)12-8-15/h2-7H,1H3. The Hall–Kier alpha value is -2.19. The third-order valence-corrected chi connectivity index (χ3v) is 2.00. The number of carbonyl (C=O) groups excluding carboxylic acids is 1. The highest BCUT2D eigenvalue weighted by atomic mass is 16.1. The molecule has 0 fully saturated rings. The van der Waals surface area contributed by atoms with E-state index < -0.39 is 0 Å². The van der Waals surface area contributed by atoms with Crippen molar-refractivity contribution in [1.29, 1.82) is 0 Å². The van der Waals surface area contributed by atoms with Gasteiger partial charge >= 0.3 is 0 Å². The zero-order valence-corrected chi connectivity index (χ0v) is 8.21. The minimum Gasteiger partial charge on any atom is -0.241 e. The van der Waals surface area contributed by atoms with E-state index in [2.05, 4.69) is 10.1 Å². The van der Waals surface area contributed by atoms with Crippen molar-refractivity contribution in [1.82, 2.24) is 9.78 Å². The maximum absolute atomic E-state index is 10.0. The second-order valence-electron chi connectivity index (χ2n) is 3.18. The van der Waals surface area contributed by atoms with Gasteiger partial charge in [0.25, 0.3) is 0 Å². The minimum atomic E-state index is 0.595. The molecule has 74 valence electrons. The maximum atomic E-state index is 10.0. The number of hydrogen-bond acceptors (Lipinski definition) is 3. The molecule has 0 amide bonds. The summed E-state index contributed by atoms with van der Waals surface area (Å²) in [5.74, 6) is 0. The van der Waals surface area contributed by atoms with Gasteiger partial charge in [-0.25, -0.2) is 9.48 Å². The molecule has 1 aromatic carbocycles. The average Bonchev–Trinajstić information content (AvgIpc) is 2.67. The van der Waals surface area contributed by atoms with Gasteiger partial charge in [0.1, 0.15) is 0 Å². The fourth-order valence-corrected chi connectivity index (χ4v) is 1.29. The Bertz CT molecular complexity index is 507. The molecular weight excluding hydrogens is 190 g/mol. The summed E-state index contributed by atoms with van der Waals surface area (Å²) < 4.78 is 1.77. The smallest absolute Gasteiger partial charge is 0.240 e. The largest absolute Gasteiger partial charge is 0.241 e. The summed E-state index contributed by atoms with van der Waals surface area (Å²) in [6.07, 6.45) is 5.22. The van der Waals surface area contributed by atoms with E-state index in [1.54, 1.807) is 23.0 Å². The van der Waals surface area contributed by atoms with Crippen molar-refractivity contribution in [3.63, 3.8) is 0 Å². The Balaban J connectivity index is 2.35. The van der Waals surface area contributed by atoms with Crippen LogP contribution in [0.4, 0.5) is 5.69 Å². The van der Waals surface area contributed by atoms with E-state index >= 15 is 0 Å². The molecule has 15 heavy (non-hydrogen) atoms. The lowest BCUT2D eigenvalue weighted by atomic mass is 10.3. The van der Waals surface area contributed by atoms with Crippen LogP contribution in [-0.4, -0.2) is 15.9 Å². The summed E-state index contributed by atoms with van der Waals surface area (Å²) in [6.45, 7) is 1.98. The fraction of sp³-hybridized carbons (Fsp3) is 0.0909. The molecule has 0 saturated heterocycles. The highest BCUT2D eigenvalue weighted by molar-refractivity contribution is 5.51. The quantitative estimate of drug-likeness (QED) is 0.549. The molecule has 0 aliphatic heterocycles. The number of isocyanates is 1. The number of hydrogen-bond donors (Lipinski definition) is 0. The Morgan fingerprint density at radius 1 is 1.33 bits per heavy atom. The highest BCUT2D eigenvalue weighted by Crippen LogP contribution is 2.14. The van der Waals surface area contributed by atoms with Crippen molar-refractivity contribution >= 4 is 11.8 Å². The van der Waals surface area contributed by atoms with Gasteiger partial charge in [0, 0.05) is 6.20 Å². The maximum Gasteiger partial charge on any atom is 0.240 e. The van der Waals surface area contributed by atoms with Crippen molar-refractivity contribution in [2.45, 2.75) is 6.92 Å². The molecule has 4 nitrogen and oxygen atoms in total. The van der Waals surface area contributed by atoms with Crippen molar-refractivity contribution in [3.05, 3.63) is 42.2 Å². The normalized spacial score (nSPS) is 9.67. The van der Waals surface area contributed by atoms with E-state index in [1.165, 1.54) is 6.08 Å². The Labute approximate surface area is 86.9 Å². The lowest BCUT2D eigenvalue weighted by Crippen LogP contribution is -1.92. The molecule has 0 N–H and O–H groups in total. The molecule has 2 aromatic rings. The monoisotopic (exact) mass is 199 g/mol. The van der Waals surface area contributed by atoms with Gasteiger partial charge in [-0.3, -0.25) is 0 Å². The van der Waals surface area contributed by atoms with E-state index in [0.717, 1.165) is 11.3 Å². The summed E-state index contributed by atoms with van der Waals surface area (Å²) in [4.78, 5) is 13.5. The van der Waals surface area contributed by atoms with E-state index in [4.69, 9.17) is 0 Å². The average molecular weight is 199 g/mol. The lowest BCUT2D eigenvalue weighted by Gasteiger charge is -2.00. The first-order chi connectivity index (χ1) is 7.29. The van der Waals surface area contributed by atoms with E-state index in [0.29, 0.717) is 5.69 Å². The van der Waals surface area contributed by atoms with E-state index in [1.807, 2.05) is 25.3 Å². The summed E-state index contributed by atoms with van der Waals surface area (Å²) in [5, 5.41) is 4.17. The van der Waals surface area contributed by atoms with Crippen LogP contribution in [0.2, 0.25) is 0 Å². The van der Waals surface area contributed by atoms with E-state index in [-0.39, 0.29) is 0 Å². The predicted molar refractivity (Wildman–Crippen MR) is 56.1 cm³/mol. The molecule has 0 saturated carbocycles. The molecule has 2 rings (SSSR count). The van der Waals surface area contributed by atoms with Crippen molar-refractivity contribution in [2.24, 2.45) is 4.99 Å². The topological polar surface area (TPSA) is 47.2 Å². The van der Waals surface area contributed by atoms with Crippen molar-refractivity contribution in [3.8, 4) is 5.69 Å². The van der Waals surface area contributed by atoms with Crippen molar-refractivity contribution in [2.75, 3.05) is 0 Å². The third-order valence-electron chi connectivity index (χ3n) is 2.00. The number of aryl methyl sites for hydroxylation is 1. The summed E-state index contributed by atoms with van der Waals surface area (Å²) in [5.41, 5.74) is 2.63. The molecule has 0 atom stereocenters. The van der Waals surface area contributed by atoms with Gasteiger partial charge in [0.15, 0.2) is 0 Å². The molecule has 0 spiro atoms. The fourth-order valence-electron chi connectivity index (χ4n) is 1.29. The predicted octanol–water partition coefficient (Wildman–Crippen LogP) is 2.15. The Morgan fingerprint density at radius 2 is 2.07 bits per heavy atom. The van der Waals surface area contributed by atoms with Crippen LogP contribution < -0.4 is 0 Å². The number of benzene rings is 1. The number of aromatic nitrogens is 2. The second kappa shape index (κ2) is 3.90. The number of aliphatic imine (C=N–C) groups is 1. The van der Waals surface area contributed by atoms with Crippen LogP contribution in [0.25, 0.3) is 5.69 Å². The summed E-state index contributed by atoms with van der Waals surface area (Å²) in [7, 11) is 0. The Kier molecular flexibility index (Phi) is 2.44. The van der Waals surface area contributed by atoms with Crippen molar-refractivity contribution < 1.29 is 4.79 Å².